The second-order valence-electron chi connectivity index (χ2n) is 4.67. The standard InChI is InChI=1S/C12H9ClN4O2S3/c13-10-11(17-3-4-20-12(17)15-10)22(18,19)16-7-1-2-8-9(5-7)21-6-14-8/h1-6,10-11,16H. The number of thioether (sulfide) groups is 1. The van der Waals surface area contributed by atoms with E-state index in [9.17, 15) is 8.42 Å². The number of nitrogens with zero attached hydrogens (tertiary/aromatic N) is 3. The molecule has 0 aliphatic carbocycles. The number of rotatable bonds is 3. The van der Waals surface area contributed by atoms with E-state index in [4.69, 9.17) is 11.6 Å². The van der Waals surface area contributed by atoms with Crippen LogP contribution in [0.25, 0.3) is 10.2 Å². The molecule has 114 valence electrons. The summed E-state index contributed by atoms with van der Waals surface area (Å²) in [6, 6.07) is 5.23. The molecule has 2 atom stereocenters. The first kappa shape index (κ1) is 14.3. The first-order valence-corrected chi connectivity index (χ1v) is 9.97. The van der Waals surface area contributed by atoms with Gasteiger partial charge in [0, 0.05) is 6.20 Å². The molecule has 0 saturated carbocycles. The SMILES string of the molecule is O=S(=O)(Nc1ccc2ncsc2c1)C1C(Cl)N=C2SC=CN21. The van der Waals surface area contributed by atoms with E-state index in [-0.39, 0.29) is 0 Å². The number of aliphatic imine (C=N–C) groups is 1. The molecule has 6 nitrogen and oxygen atoms in total. The van der Waals surface area contributed by atoms with Crippen molar-refractivity contribution in [2.75, 3.05) is 4.72 Å². The Bertz CT molecular complexity index is 908. The van der Waals surface area contributed by atoms with Gasteiger partial charge >= 0.3 is 0 Å². The molecule has 2 aromatic rings. The lowest BCUT2D eigenvalue weighted by molar-refractivity contribution is 0.504. The Kier molecular flexibility index (Phi) is 3.33. The van der Waals surface area contributed by atoms with E-state index in [2.05, 4.69) is 14.7 Å². The minimum Gasteiger partial charge on any atom is -0.305 e. The smallest absolute Gasteiger partial charge is 0.257 e. The largest absolute Gasteiger partial charge is 0.305 e. The van der Waals surface area contributed by atoms with E-state index in [1.807, 2.05) is 0 Å². The molecule has 0 amide bonds. The van der Waals surface area contributed by atoms with Crippen LogP contribution >= 0.6 is 34.7 Å². The van der Waals surface area contributed by atoms with Crippen molar-refractivity contribution in [2.45, 2.75) is 10.9 Å². The van der Waals surface area contributed by atoms with Crippen molar-refractivity contribution in [3.05, 3.63) is 35.3 Å². The summed E-state index contributed by atoms with van der Waals surface area (Å²) in [7, 11) is -3.72. The molecule has 3 heterocycles. The third-order valence-corrected chi connectivity index (χ3v) is 6.97. The van der Waals surface area contributed by atoms with Crippen LogP contribution in [0, 0.1) is 0 Å². The number of hydrogen-bond acceptors (Lipinski definition) is 7. The van der Waals surface area contributed by atoms with Gasteiger partial charge in [-0.3, -0.25) is 4.72 Å². The van der Waals surface area contributed by atoms with E-state index < -0.39 is 20.9 Å². The third-order valence-electron chi connectivity index (χ3n) is 3.27. The van der Waals surface area contributed by atoms with E-state index in [0.717, 1.165) is 10.2 Å². The fourth-order valence-corrected chi connectivity index (χ4v) is 5.96. The summed E-state index contributed by atoms with van der Waals surface area (Å²) >= 11 is 8.92. The number of thiazole rings is 1. The van der Waals surface area contributed by atoms with Crippen LogP contribution in [-0.4, -0.2) is 34.3 Å². The molecule has 1 aromatic carbocycles. The van der Waals surface area contributed by atoms with Crippen LogP contribution in [0.15, 0.2) is 40.3 Å². The predicted octanol–water partition coefficient (Wildman–Crippen LogP) is 2.82. The van der Waals surface area contributed by atoms with Gasteiger partial charge in [-0.15, -0.1) is 11.3 Å². The van der Waals surface area contributed by atoms with Crippen LogP contribution in [-0.2, 0) is 10.0 Å². The summed E-state index contributed by atoms with van der Waals surface area (Å²) in [5.74, 6) is 0. The van der Waals surface area contributed by atoms with Crippen molar-refractivity contribution >= 4 is 65.8 Å². The molecule has 1 aromatic heterocycles. The van der Waals surface area contributed by atoms with Crippen molar-refractivity contribution in [3.8, 4) is 0 Å². The van der Waals surface area contributed by atoms with Crippen molar-refractivity contribution < 1.29 is 8.42 Å². The fourth-order valence-electron chi connectivity index (χ4n) is 2.31. The van der Waals surface area contributed by atoms with E-state index in [0.29, 0.717) is 10.9 Å². The monoisotopic (exact) mass is 372 g/mol. The summed E-state index contributed by atoms with van der Waals surface area (Å²) in [6.45, 7) is 0. The molecular weight excluding hydrogens is 364 g/mol. The van der Waals surface area contributed by atoms with Crippen molar-refractivity contribution in [1.82, 2.24) is 9.88 Å². The summed E-state index contributed by atoms with van der Waals surface area (Å²) in [5.41, 5.74) is 2.22. The number of amidine groups is 1. The average Bonchev–Trinajstić information content (AvgIpc) is 3.11. The highest BCUT2D eigenvalue weighted by molar-refractivity contribution is 8.16. The maximum atomic E-state index is 12.7. The van der Waals surface area contributed by atoms with Gasteiger partial charge in [0.1, 0.15) is 0 Å². The Morgan fingerprint density at radius 2 is 2.23 bits per heavy atom. The summed E-state index contributed by atoms with van der Waals surface area (Å²) in [6.07, 6.45) is 1.68. The molecule has 0 radical (unpaired) electrons. The number of nitrogens with one attached hydrogen (secondary N) is 1. The number of benzene rings is 1. The lowest BCUT2D eigenvalue weighted by Crippen LogP contribution is -2.42. The van der Waals surface area contributed by atoms with Gasteiger partial charge < -0.3 is 4.90 Å². The van der Waals surface area contributed by atoms with Gasteiger partial charge in [-0.1, -0.05) is 23.4 Å². The average molecular weight is 373 g/mol. The van der Waals surface area contributed by atoms with Gasteiger partial charge in [0.2, 0.25) is 0 Å². The first-order valence-electron chi connectivity index (χ1n) is 6.23. The second-order valence-corrected chi connectivity index (χ2v) is 8.65. The van der Waals surface area contributed by atoms with Crippen LogP contribution in [0.1, 0.15) is 0 Å². The van der Waals surface area contributed by atoms with E-state index in [1.54, 1.807) is 40.2 Å². The Morgan fingerprint density at radius 1 is 1.36 bits per heavy atom. The highest BCUT2D eigenvalue weighted by atomic mass is 35.5. The predicted molar refractivity (Wildman–Crippen MR) is 91.6 cm³/mol. The van der Waals surface area contributed by atoms with Gasteiger partial charge in [-0.05, 0) is 23.6 Å². The molecule has 2 aliphatic heterocycles. The number of alkyl halides is 1. The van der Waals surface area contributed by atoms with Crippen molar-refractivity contribution in [1.29, 1.82) is 0 Å². The normalized spacial score (nSPS) is 23.9. The zero-order valence-corrected chi connectivity index (χ0v) is 14.1. The Morgan fingerprint density at radius 3 is 3.09 bits per heavy atom. The van der Waals surface area contributed by atoms with Gasteiger partial charge in [0.15, 0.2) is 16.0 Å². The van der Waals surface area contributed by atoms with Gasteiger partial charge in [-0.2, -0.15) is 0 Å². The van der Waals surface area contributed by atoms with Crippen LogP contribution in [0.3, 0.4) is 0 Å². The molecule has 2 unspecified atom stereocenters. The molecule has 0 saturated heterocycles. The number of fused-ring (bicyclic) bond motifs is 2. The summed E-state index contributed by atoms with van der Waals surface area (Å²) in [5, 5.41) is 1.44. The quantitative estimate of drug-likeness (QED) is 0.662. The number of sulfonamides is 1. The highest BCUT2D eigenvalue weighted by Gasteiger charge is 2.45. The number of halogens is 1. The van der Waals surface area contributed by atoms with Crippen molar-refractivity contribution in [2.24, 2.45) is 4.99 Å². The molecule has 1 N–H and O–H groups in total. The molecule has 4 rings (SSSR count). The third kappa shape index (κ3) is 2.28. The molecule has 0 fully saturated rings. The molecule has 10 heteroatoms. The van der Waals surface area contributed by atoms with Crippen LogP contribution in [0.5, 0.6) is 0 Å². The maximum Gasteiger partial charge on any atom is 0.257 e. The van der Waals surface area contributed by atoms with E-state index >= 15 is 0 Å². The number of hydrogen-bond donors (Lipinski definition) is 1. The maximum absolute atomic E-state index is 12.7. The minimum absolute atomic E-state index is 0.491. The highest BCUT2D eigenvalue weighted by Crippen LogP contribution is 2.35. The van der Waals surface area contributed by atoms with Gasteiger partial charge in [-0.25, -0.2) is 18.4 Å². The zero-order chi connectivity index (χ0) is 15.3. The Balaban J connectivity index is 1.65. The molecule has 0 spiro atoms. The van der Waals surface area contributed by atoms with Crippen molar-refractivity contribution in [3.63, 3.8) is 0 Å². The number of anilines is 1. The summed E-state index contributed by atoms with van der Waals surface area (Å²) < 4.78 is 28.8. The molecule has 22 heavy (non-hydrogen) atoms. The molecular formula is C12H9ClN4O2S3. The first-order chi connectivity index (χ1) is 10.5. The van der Waals surface area contributed by atoms with Crippen LogP contribution in [0.2, 0.25) is 0 Å². The number of aromatic nitrogens is 1. The molecule has 2 aliphatic rings. The lowest BCUT2D eigenvalue weighted by Gasteiger charge is -2.22. The summed E-state index contributed by atoms with van der Waals surface area (Å²) in [4.78, 5) is 9.91. The van der Waals surface area contributed by atoms with Gasteiger partial charge in [0.25, 0.3) is 10.0 Å². The van der Waals surface area contributed by atoms with Crippen LogP contribution < -0.4 is 4.72 Å². The van der Waals surface area contributed by atoms with Gasteiger partial charge in [0.05, 0.1) is 21.4 Å². The topological polar surface area (TPSA) is 74.7 Å². The Hall–Kier alpha value is -1.29. The van der Waals surface area contributed by atoms with Crippen LogP contribution in [0.4, 0.5) is 5.69 Å². The fraction of sp³-hybridized carbons (Fsp3) is 0.167. The zero-order valence-electron chi connectivity index (χ0n) is 10.9. The Labute approximate surface area is 139 Å². The molecule has 0 bridgehead atoms. The lowest BCUT2D eigenvalue weighted by atomic mass is 10.3. The minimum atomic E-state index is -3.72. The van der Waals surface area contributed by atoms with E-state index in [1.165, 1.54) is 23.1 Å². The second kappa shape index (κ2) is 5.12.